The molecule has 112 valence electrons. The normalized spacial score (nSPS) is 11.8. The van der Waals surface area contributed by atoms with Crippen LogP contribution in [0.15, 0.2) is 51.8 Å². The number of sulfonamides is 1. The summed E-state index contributed by atoms with van der Waals surface area (Å²) in [7, 11) is -2.48. The van der Waals surface area contributed by atoms with Crippen LogP contribution in [0, 0.1) is 5.82 Å². The molecule has 2 N–H and O–H groups in total. The highest BCUT2D eigenvalue weighted by molar-refractivity contribution is 9.10. The van der Waals surface area contributed by atoms with Crippen LogP contribution in [0.25, 0.3) is 0 Å². The Morgan fingerprint density at radius 1 is 1.19 bits per heavy atom. The summed E-state index contributed by atoms with van der Waals surface area (Å²) in [6.07, 6.45) is 0. The molecule has 2 aromatic carbocycles. The number of benzene rings is 2. The first-order valence-corrected chi connectivity index (χ1v) is 8.30. The van der Waals surface area contributed by atoms with Crippen molar-refractivity contribution in [1.82, 2.24) is 4.31 Å². The van der Waals surface area contributed by atoms with Gasteiger partial charge in [-0.1, -0.05) is 28.1 Å². The van der Waals surface area contributed by atoms with Crippen molar-refractivity contribution in [3.05, 3.63) is 58.3 Å². The minimum Gasteiger partial charge on any atom is -0.399 e. The van der Waals surface area contributed by atoms with E-state index in [9.17, 15) is 12.8 Å². The largest absolute Gasteiger partial charge is 0.399 e. The fraction of sp³-hybridized carbons (Fsp3) is 0.143. The summed E-state index contributed by atoms with van der Waals surface area (Å²) >= 11 is 3.10. The Morgan fingerprint density at radius 3 is 2.38 bits per heavy atom. The van der Waals surface area contributed by atoms with Gasteiger partial charge in [0.1, 0.15) is 10.7 Å². The van der Waals surface area contributed by atoms with Crippen molar-refractivity contribution < 1.29 is 12.8 Å². The van der Waals surface area contributed by atoms with Crippen molar-refractivity contribution in [3.63, 3.8) is 0 Å². The third-order valence-electron chi connectivity index (χ3n) is 2.97. The van der Waals surface area contributed by atoms with Gasteiger partial charge in [0.2, 0.25) is 10.0 Å². The molecule has 0 radical (unpaired) electrons. The van der Waals surface area contributed by atoms with E-state index in [4.69, 9.17) is 5.73 Å². The second-order valence-electron chi connectivity index (χ2n) is 4.58. The number of hydrogen-bond donors (Lipinski definition) is 1. The average Bonchev–Trinajstić information content (AvgIpc) is 2.40. The zero-order valence-electron chi connectivity index (χ0n) is 11.3. The van der Waals surface area contributed by atoms with E-state index < -0.39 is 15.8 Å². The van der Waals surface area contributed by atoms with Gasteiger partial charge >= 0.3 is 0 Å². The average molecular weight is 373 g/mol. The maximum absolute atomic E-state index is 13.8. The Labute approximate surface area is 131 Å². The zero-order valence-corrected chi connectivity index (χ0v) is 13.7. The Bertz CT molecular complexity index is 748. The molecule has 0 aliphatic rings. The molecule has 21 heavy (non-hydrogen) atoms. The van der Waals surface area contributed by atoms with E-state index in [0.717, 1.165) is 15.9 Å². The summed E-state index contributed by atoms with van der Waals surface area (Å²) in [5, 5.41) is 0. The van der Waals surface area contributed by atoms with E-state index in [2.05, 4.69) is 15.9 Å². The van der Waals surface area contributed by atoms with Gasteiger partial charge in [-0.25, -0.2) is 12.8 Å². The maximum Gasteiger partial charge on any atom is 0.246 e. The van der Waals surface area contributed by atoms with E-state index in [1.54, 1.807) is 24.3 Å². The molecule has 2 rings (SSSR count). The van der Waals surface area contributed by atoms with Crippen molar-refractivity contribution >= 4 is 31.6 Å². The molecular formula is C14H14BrFN2O2S. The van der Waals surface area contributed by atoms with E-state index >= 15 is 0 Å². The van der Waals surface area contributed by atoms with Crippen LogP contribution in [0.1, 0.15) is 5.56 Å². The standard InChI is InChI=1S/C14H14BrFN2O2S/c1-18(9-10-2-5-12(17)6-3-10)21(19,20)14-7-4-11(15)8-13(14)16/h2-8H,9,17H2,1H3. The number of nitrogen functional groups attached to an aromatic ring is 1. The molecule has 0 saturated heterocycles. The first kappa shape index (κ1) is 15.9. The van der Waals surface area contributed by atoms with E-state index in [-0.39, 0.29) is 11.4 Å². The lowest BCUT2D eigenvalue weighted by atomic mass is 10.2. The topological polar surface area (TPSA) is 63.4 Å². The minimum atomic E-state index is -3.89. The van der Waals surface area contributed by atoms with Crippen LogP contribution in [-0.4, -0.2) is 19.8 Å². The number of nitrogens with two attached hydrogens (primary N) is 1. The molecule has 0 saturated carbocycles. The Morgan fingerprint density at radius 2 is 1.81 bits per heavy atom. The van der Waals surface area contributed by atoms with Crippen LogP contribution in [0.5, 0.6) is 0 Å². The summed E-state index contributed by atoms with van der Waals surface area (Å²) < 4.78 is 40.2. The number of anilines is 1. The Kier molecular flexibility index (Phi) is 4.65. The zero-order chi connectivity index (χ0) is 15.6. The fourth-order valence-electron chi connectivity index (χ4n) is 1.82. The lowest BCUT2D eigenvalue weighted by Crippen LogP contribution is -2.27. The predicted molar refractivity (Wildman–Crippen MR) is 83.6 cm³/mol. The lowest BCUT2D eigenvalue weighted by Gasteiger charge is -2.18. The third kappa shape index (κ3) is 3.61. The van der Waals surface area contributed by atoms with Crippen LogP contribution in [0.3, 0.4) is 0 Å². The summed E-state index contributed by atoms with van der Waals surface area (Å²) in [5.74, 6) is -0.784. The number of nitrogens with zero attached hydrogens (tertiary/aromatic N) is 1. The molecule has 0 spiro atoms. The van der Waals surface area contributed by atoms with Gasteiger partial charge < -0.3 is 5.73 Å². The van der Waals surface area contributed by atoms with Crippen LogP contribution in [0.4, 0.5) is 10.1 Å². The molecule has 0 heterocycles. The fourth-order valence-corrected chi connectivity index (χ4v) is 3.35. The van der Waals surface area contributed by atoms with E-state index in [1.807, 2.05) is 0 Å². The molecule has 4 nitrogen and oxygen atoms in total. The van der Waals surface area contributed by atoms with Crippen LogP contribution in [-0.2, 0) is 16.6 Å². The number of halogens is 2. The van der Waals surface area contributed by atoms with Crippen molar-refractivity contribution in [3.8, 4) is 0 Å². The first-order valence-electron chi connectivity index (χ1n) is 6.06. The first-order chi connectivity index (χ1) is 9.80. The highest BCUT2D eigenvalue weighted by atomic mass is 79.9. The van der Waals surface area contributed by atoms with Crippen LogP contribution < -0.4 is 5.73 Å². The Balaban J connectivity index is 2.28. The summed E-state index contributed by atoms with van der Waals surface area (Å²) in [6.45, 7) is 0.137. The lowest BCUT2D eigenvalue weighted by molar-refractivity contribution is 0.460. The molecule has 0 bridgehead atoms. The van der Waals surface area contributed by atoms with Gasteiger partial charge in [0, 0.05) is 23.8 Å². The molecular weight excluding hydrogens is 359 g/mol. The summed E-state index contributed by atoms with van der Waals surface area (Å²) in [4.78, 5) is -0.344. The molecule has 0 aliphatic heterocycles. The molecule has 0 fully saturated rings. The SMILES string of the molecule is CN(Cc1ccc(N)cc1)S(=O)(=O)c1ccc(Br)cc1F. The van der Waals surface area contributed by atoms with Gasteiger partial charge in [-0.15, -0.1) is 0 Å². The molecule has 0 unspecified atom stereocenters. The predicted octanol–water partition coefficient (Wildman–Crippen LogP) is 2.99. The maximum atomic E-state index is 13.8. The van der Waals surface area contributed by atoms with Crippen molar-refractivity contribution in [2.45, 2.75) is 11.4 Å². The second-order valence-corrected chi connectivity index (χ2v) is 7.51. The highest BCUT2D eigenvalue weighted by Crippen LogP contribution is 2.23. The molecule has 0 aliphatic carbocycles. The van der Waals surface area contributed by atoms with Gasteiger partial charge in [-0.05, 0) is 35.9 Å². The number of hydrogen-bond acceptors (Lipinski definition) is 3. The highest BCUT2D eigenvalue weighted by Gasteiger charge is 2.24. The number of rotatable bonds is 4. The van der Waals surface area contributed by atoms with Crippen LogP contribution in [0.2, 0.25) is 0 Å². The molecule has 0 amide bonds. The van der Waals surface area contributed by atoms with Gasteiger partial charge in [-0.3, -0.25) is 0 Å². The summed E-state index contributed by atoms with van der Waals surface area (Å²) in [5.41, 5.74) is 6.95. The molecule has 0 atom stereocenters. The van der Waals surface area contributed by atoms with Gasteiger partial charge in [0.25, 0.3) is 0 Å². The molecule has 7 heteroatoms. The van der Waals surface area contributed by atoms with Gasteiger partial charge in [-0.2, -0.15) is 4.31 Å². The smallest absolute Gasteiger partial charge is 0.246 e. The monoisotopic (exact) mass is 372 g/mol. The van der Waals surface area contributed by atoms with Crippen molar-refractivity contribution in [2.24, 2.45) is 0 Å². The second kappa shape index (κ2) is 6.13. The van der Waals surface area contributed by atoms with Gasteiger partial charge in [0.05, 0.1) is 0 Å². The quantitative estimate of drug-likeness (QED) is 0.839. The van der Waals surface area contributed by atoms with E-state index in [1.165, 1.54) is 19.2 Å². The van der Waals surface area contributed by atoms with Crippen LogP contribution >= 0.6 is 15.9 Å². The van der Waals surface area contributed by atoms with Crippen molar-refractivity contribution in [1.29, 1.82) is 0 Å². The minimum absolute atomic E-state index is 0.137. The molecule has 0 aromatic heterocycles. The van der Waals surface area contributed by atoms with E-state index in [0.29, 0.717) is 10.2 Å². The third-order valence-corrected chi connectivity index (χ3v) is 5.30. The Hall–Kier alpha value is -1.44. The molecule has 2 aromatic rings. The summed E-state index contributed by atoms with van der Waals surface area (Å²) in [6, 6.07) is 10.7. The van der Waals surface area contributed by atoms with Gasteiger partial charge in [0.15, 0.2) is 0 Å². The van der Waals surface area contributed by atoms with Crippen molar-refractivity contribution in [2.75, 3.05) is 12.8 Å².